The molecule has 4 heteroatoms. The summed E-state index contributed by atoms with van der Waals surface area (Å²) in [6.07, 6.45) is 1.95. The van der Waals surface area contributed by atoms with Crippen LogP contribution in [-0.2, 0) is 18.8 Å². The van der Waals surface area contributed by atoms with Crippen LogP contribution < -0.4 is 10.1 Å². The van der Waals surface area contributed by atoms with Gasteiger partial charge in [0, 0.05) is 31.4 Å². The third kappa shape index (κ3) is 8.73. The van der Waals surface area contributed by atoms with Gasteiger partial charge in [0.25, 0.3) is 0 Å². The summed E-state index contributed by atoms with van der Waals surface area (Å²) >= 11 is 6.15. The Kier molecular flexibility index (Phi) is 11.3. The van der Waals surface area contributed by atoms with Crippen molar-refractivity contribution in [1.82, 2.24) is 10.2 Å². The number of nitrogens with one attached hydrogen (secondary N) is 1. The fourth-order valence-corrected chi connectivity index (χ4v) is 5.04. The molecule has 0 radical (unpaired) electrons. The van der Waals surface area contributed by atoms with Gasteiger partial charge in [-0.1, -0.05) is 97.1 Å². The van der Waals surface area contributed by atoms with Crippen LogP contribution in [0.15, 0.2) is 109 Å². The first-order valence-electron chi connectivity index (χ1n) is 13.6. The van der Waals surface area contributed by atoms with E-state index in [1.54, 1.807) is 0 Å². The maximum absolute atomic E-state index is 6.17. The Labute approximate surface area is 233 Å². The normalized spacial score (nSPS) is 11.3. The molecule has 0 aliphatic rings. The molecule has 0 aliphatic carbocycles. The second-order valence-corrected chi connectivity index (χ2v) is 10.0. The molecule has 0 bridgehead atoms. The largest absolute Gasteiger partial charge is 0.494 e. The van der Waals surface area contributed by atoms with Gasteiger partial charge < -0.3 is 10.1 Å². The maximum atomic E-state index is 6.17. The standard InChI is InChI=1S/C34H39ClN2O/c1-36-20-19-28-11-9-18-33(24-28)38-22-10-21-37(26-30-13-8-12-29(23-30)25-35)27-34(31-14-4-2-5-15-31)32-16-6-3-7-17-32/h2-9,11-18,23-24,34,36H,10,19-22,25-27H2,1H3. The molecule has 0 amide bonds. The maximum Gasteiger partial charge on any atom is 0.119 e. The monoisotopic (exact) mass is 526 g/mol. The molecule has 0 unspecified atom stereocenters. The minimum absolute atomic E-state index is 0.290. The van der Waals surface area contributed by atoms with Gasteiger partial charge in [0.05, 0.1) is 6.61 Å². The van der Waals surface area contributed by atoms with E-state index < -0.39 is 0 Å². The van der Waals surface area contributed by atoms with Crippen LogP contribution in [0.1, 0.15) is 40.2 Å². The minimum Gasteiger partial charge on any atom is -0.494 e. The Morgan fingerprint density at radius 2 is 1.42 bits per heavy atom. The molecule has 3 nitrogen and oxygen atoms in total. The highest BCUT2D eigenvalue weighted by atomic mass is 35.5. The number of halogens is 1. The third-order valence-electron chi connectivity index (χ3n) is 6.85. The SMILES string of the molecule is CNCCc1cccc(OCCCN(Cc2cccc(CCl)c2)CC(c2ccccc2)c2ccccc2)c1. The number of ether oxygens (including phenoxy) is 1. The van der Waals surface area contributed by atoms with Gasteiger partial charge in [-0.05, 0) is 66.4 Å². The summed E-state index contributed by atoms with van der Waals surface area (Å²) in [5, 5.41) is 3.21. The van der Waals surface area contributed by atoms with Gasteiger partial charge in [-0.25, -0.2) is 0 Å². The van der Waals surface area contributed by atoms with Crippen LogP contribution >= 0.6 is 11.6 Å². The molecule has 0 heterocycles. The summed E-state index contributed by atoms with van der Waals surface area (Å²) in [6.45, 7) is 4.40. The molecular weight excluding hydrogens is 488 g/mol. The van der Waals surface area contributed by atoms with Crippen molar-refractivity contribution < 1.29 is 4.74 Å². The fraction of sp³-hybridized carbons (Fsp3) is 0.294. The highest BCUT2D eigenvalue weighted by Gasteiger charge is 2.19. The molecule has 1 N–H and O–H groups in total. The summed E-state index contributed by atoms with van der Waals surface area (Å²) in [6, 6.07) is 38.8. The number of hydrogen-bond donors (Lipinski definition) is 1. The molecule has 0 fully saturated rings. The van der Waals surface area contributed by atoms with Crippen LogP contribution in [0.25, 0.3) is 0 Å². The lowest BCUT2D eigenvalue weighted by Crippen LogP contribution is -2.30. The lowest BCUT2D eigenvalue weighted by molar-refractivity contribution is 0.223. The van der Waals surface area contributed by atoms with E-state index >= 15 is 0 Å². The zero-order chi connectivity index (χ0) is 26.4. The second-order valence-electron chi connectivity index (χ2n) is 9.77. The molecule has 4 aromatic rings. The van der Waals surface area contributed by atoms with E-state index in [-0.39, 0.29) is 0 Å². The van der Waals surface area contributed by atoms with E-state index in [9.17, 15) is 0 Å². The molecule has 4 aromatic carbocycles. The number of rotatable bonds is 15. The predicted molar refractivity (Wildman–Crippen MR) is 160 cm³/mol. The van der Waals surface area contributed by atoms with Crippen molar-refractivity contribution in [2.45, 2.75) is 31.2 Å². The van der Waals surface area contributed by atoms with Crippen LogP contribution in [0, 0.1) is 0 Å². The summed E-state index contributed by atoms with van der Waals surface area (Å²) in [5.74, 6) is 1.77. The van der Waals surface area contributed by atoms with Crippen LogP contribution in [-0.4, -0.2) is 38.2 Å². The number of hydrogen-bond acceptors (Lipinski definition) is 3. The molecule has 198 valence electrons. The van der Waals surface area contributed by atoms with E-state index in [0.717, 1.165) is 50.3 Å². The van der Waals surface area contributed by atoms with E-state index in [1.165, 1.54) is 22.3 Å². The minimum atomic E-state index is 0.290. The Balaban J connectivity index is 1.46. The summed E-state index contributed by atoms with van der Waals surface area (Å²) in [4.78, 5) is 2.56. The summed E-state index contributed by atoms with van der Waals surface area (Å²) in [5.41, 5.74) is 6.43. The summed E-state index contributed by atoms with van der Waals surface area (Å²) < 4.78 is 6.17. The molecule has 0 spiro atoms. The Morgan fingerprint density at radius 3 is 2.11 bits per heavy atom. The lowest BCUT2D eigenvalue weighted by Gasteiger charge is -2.29. The number of benzene rings is 4. The molecule has 0 saturated carbocycles. The van der Waals surface area contributed by atoms with Crippen LogP contribution in [0.5, 0.6) is 5.75 Å². The average Bonchev–Trinajstić information content (AvgIpc) is 2.98. The topological polar surface area (TPSA) is 24.5 Å². The third-order valence-corrected chi connectivity index (χ3v) is 7.15. The van der Waals surface area contributed by atoms with Crippen molar-refractivity contribution in [3.8, 4) is 5.75 Å². The molecular formula is C34H39ClN2O. The van der Waals surface area contributed by atoms with E-state index in [1.807, 2.05) is 7.05 Å². The van der Waals surface area contributed by atoms with Crippen molar-refractivity contribution in [3.05, 3.63) is 137 Å². The first-order valence-corrected chi connectivity index (χ1v) is 14.1. The van der Waals surface area contributed by atoms with Crippen molar-refractivity contribution in [2.75, 3.05) is 33.3 Å². The van der Waals surface area contributed by atoms with Gasteiger partial charge in [-0.3, -0.25) is 4.90 Å². The van der Waals surface area contributed by atoms with Gasteiger partial charge in [0.1, 0.15) is 5.75 Å². The first-order chi connectivity index (χ1) is 18.7. The Morgan fingerprint density at radius 1 is 0.763 bits per heavy atom. The number of likely N-dealkylation sites (N-methyl/N-ethyl adjacent to an activating group) is 1. The van der Waals surface area contributed by atoms with E-state index in [0.29, 0.717) is 18.4 Å². The highest BCUT2D eigenvalue weighted by Crippen LogP contribution is 2.27. The molecule has 38 heavy (non-hydrogen) atoms. The van der Waals surface area contributed by atoms with Crippen LogP contribution in [0.4, 0.5) is 0 Å². The van der Waals surface area contributed by atoms with E-state index in [4.69, 9.17) is 16.3 Å². The zero-order valence-corrected chi connectivity index (χ0v) is 23.1. The molecule has 0 atom stereocenters. The van der Waals surface area contributed by atoms with Crippen LogP contribution in [0.3, 0.4) is 0 Å². The average molecular weight is 527 g/mol. The Bertz CT molecular complexity index is 1180. The molecule has 0 aliphatic heterocycles. The fourth-order valence-electron chi connectivity index (χ4n) is 4.87. The zero-order valence-electron chi connectivity index (χ0n) is 22.4. The van der Waals surface area contributed by atoms with Gasteiger partial charge in [0.2, 0.25) is 0 Å². The Hall–Kier alpha value is -3.11. The molecule has 4 rings (SSSR count). The van der Waals surface area contributed by atoms with Gasteiger partial charge in [-0.2, -0.15) is 0 Å². The van der Waals surface area contributed by atoms with Gasteiger partial charge in [0.15, 0.2) is 0 Å². The van der Waals surface area contributed by atoms with Gasteiger partial charge >= 0.3 is 0 Å². The molecule has 0 saturated heterocycles. The number of nitrogens with zero attached hydrogens (tertiary/aromatic N) is 1. The number of alkyl halides is 1. The van der Waals surface area contributed by atoms with Crippen molar-refractivity contribution in [2.24, 2.45) is 0 Å². The highest BCUT2D eigenvalue weighted by molar-refractivity contribution is 6.17. The van der Waals surface area contributed by atoms with E-state index in [2.05, 4.69) is 119 Å². The first kappa shape index (κ1) is 27.9. The van der Waals surface area contributed by atoms with Crippen LogP contribution in [0.2, 0.25) is 0 Å². The van der Waals surface area contributed by atoms with Crippen molar-refractivity contribution in [1.29, 1.82) is 0 Å². The molecule has 0 aromatic heterocycles. The second kappa shape index (κ2) is 15.3. The van der Waals surface area contributed by atoms with Crippen molar-refractivity contribution >= 4 is 11.6 Å². The summed E-state index contributed by atoms with van der Waals surface area (Å²) in [7, 11) is 1.98. The quantitative estimate of drug-likeness (QED) is 0.130. The predicted octanol–water partition coefficient (Wildman–Crippen LogP) is 7.29. The van der Waals surface area contributed by atoms with Gasteiger partial charge in [-0.15, -0.1) is 11.6 Å². The smallest absolute Gasteiger partial charge is 0.119 e. The lowest BCUT2D eigenvalue weighted by atomic mass is 9.90. The van der Waals surface area contributed by atoms with Crippen molar-refractivity contribution in [3.63, 3.8) is 0 Å².